The highest BCUT2D eigenvalue weighted by Crippen LogP contribution is 2.37. The van der Waals surface area contributed by atoms with E-state index < -0.39 is 46.5 Å². The topological polar surface area (TPSA) is 170 Å². The van der Waals surface area contributed by atoms with Crippen molar-refractivity contribution in [2.75, 3.05) is 44.3 Å². The summed E-state index contributed by atoms with van der Waals surface area (Å²) in [5, 5.41) is 14.7. The molecule has 3 N–H and O–H groups in total. The predicted octanol–water partition coefficient (Wildman–Crippen LogP) is 2.68. The first-order valence-corrected chi connectivity index (χ1v) is 16.4. The number of ether oxygens (including phenoxy) is 1. The summed E-state index contributed by atoms with van der Waals surface area (Å²) in [5.74, 6) is -1.94. The van der Waals surface area contributed by atoms with E-state index in [9.17, 15) is 37.5 Å². The van der Waals surface area contributed by atoms with Crippen LogP contribution >= 0.6 is 11.6 Å². The van der Waals surface area contributed by atoms with Crippen molar-refractivity contribution in [1.29, 1.82) is 0 Å². The van der Waals surface area contributed by atoms with E-state index in [-0.39, 0.29) is 71.7 Å². The number of rotatable bonds is 7. The van der Waals surface area contributed by atoms with Crippen molar-refractivity contribution in [2.45, 2.75) is 38.9 Å². The van der Waals surface area contributed by atoms with Gasteiger partial charge in [-0.1, -0.05) is 30.7 Å². The highest BCUT2D eigenvalue weighted by Gasteiger charge is 2.36. The molecule has 1 unspecified atom stereocenters. The molecule has 1 aromatic carbocycles. The molecular formula is C33H34ClF3N8O6. The van der Waals surface area contributed by atoms with Gasteiger partial charge < -0.3 is 29.9 Å². The number of anilines is 1. The zero-order valence-electron chi connectivity index (χ0n) is 27.8. The lowest BCUT2D eigenvalue weighted by Crippen LogP contribution is -2.51. The van der Waals surface area contributed by atoms with Gasteiger partial charge in [-0.2, -0.15) is 22.7 Å². The number of hydrogen-bond donors (Lipinski definition) is 2. The third kappa shape index (κ3) is 6.35. The molecule has 51 heavy (non-hydrogen) atoms. The van der Waals surface area contributed by atoms with Crippen molar-refractivity contribution in [3.63, 3.8) is 0 Å². The van der Waals surface area contributed by atoms with Gasteiger partial charge in [-0.15, -0.1) is 5.10 Å². The van der Waals surface area contributed by atoms with Crippen LogP contribution in [0.1, 0.15) is 58.0 Å². The molecule has 0 radical (unpaired) electrons. The smallest absolute Gasteiger partial charge is 0.416 e. The molecule has 0 bridgehead atoms. The van der Waals surface area contributed by atoms with Crippen LogP contribution in [0.15, 0.2) is 40.1 Å². The number of carbonyl (C=O) groups excluding carboxylic acids is 2. The number of carbonyl (C=O) groups is 2. The number of hydrogen-bond acceptors (Lipinski definition) is 9. The molecule has 2 aliphatic rings. The molecule has 1 saturated heterocycles. The fourth-order valence-electron chi connectivity index (χ4n) is 6.56. The van der Waals surface area contributed by atoms with Crippen molar-refractivity contribution in [3.8, 4) is 5.75 Å². The Bertz CT molecular complexity index is 2220. The summed E-state index contributed by atoms with van der Waals surface area (Å²) in [6.07, 6.45) is -0.940. The number of benzene rings is 1. The molecule has 5 heterocycles. The molecule has 2 aliphatic heterocycles. The van der Waals surface area contributed by atoms with E-state index in [1.165, 1.54) is 27.3 Å². The molecule has 18 heteroatoms. The summed E-state index contributed by atoms with van der Waals surface area (Å²) in [6.45, 7) is 4.27. The molecule has 6 rings (SSSR count). The van der Waals surface area contributed by atoms with E-state index in [1.807, 2.05) is 0 Å². The quantitative estimate of drug-likeness (QED) is 0.290. The summed E-state index contributed by atoms with van der Waals surface area (Å²) in [4.78, 5) is 61.7. The maximum Gasteiger partial charge on any atom is 0.416 e. The predicted molar refractivity (Wildman–Crippen MR) is 180 cm³/mol. The number of piperazine rings is 1. The van der Waals surface area contributed by atoms with Crippen molar-refractivity contribution in [3.05, 3.63) is 90.0 Å². The van der Waals surface area contributed by atoms with Crippen LogP contribution in [0, 0.1) is 6.92 Å². The van der Waals surface area contributed by atoms with E-state index >= 15 is 0 Å². The molecule has 4 aromatic rings. The molecule has 14 nitrogen and oxygen atoms in total. The lowest BCUT2D eigenvalue weighted by molar-refractivity contribution is -0.137. The highest BCUT2D eigenvalue weighted by molar-refractivity contribution is 6.31. The van der Waals surface area contributed by atoms with Crippen LogP contribution in [-0.4, -0.2) is 84.9 Å². The number of alkyl halides is 3. The van der Waals surface area contributed by atoms with Crippen LogP contribution in [0.3, 0.4) is 0 Å². The Balaban J connectivity index is 1.49. The van der Waals surface area contributed by atoms with E-state index in [0.29, 0.717) is 36.8 Å². The van der Waals surface area contributed by atoms with Crippen molar-refractivity contribution in [2.24, 2.45) is 12.8 Å². The van der Waals surface area contributed by atoms with Gasteiger partial charge in [0.2, 0.25) is 11.7 Å². The van der Waals surface area contributed by atoms with Crippen LogP contribution in [0.2, 0.25) is 5.02 Å². The number of aryl methyl sites for hydroxylation is 2. The summed E-state index contributed by atoms with van der Waals surface area (Å²) in [7, 11) is 1.47. The van der Waals surface area contributed by atoms with Crippen molar-refractivity contribution < 1.29 is 32.6 Å². The van der Waals surface area contributed by atoms with Crippen LogP contribution in [0.5, 0.6) is 5.75 Å². The van der Waals surface area contributed by atoms with Crippen molar-refractivity contribution >= 4 is 40.5 Å². The van der Waals surface area contributed by atoms with Gasteiger partial charge in [0.1, 0.15) is 23.0 Å². The normalized spacial score (nSPS) is 16.0. The van der Waals surface area contributed by atoms with Crippen LogP contribution in [0.25, 0.3) is 11.4 Å². The first-order valence-electron chi connectivity index (χ1n) is 16.0. The van der Waals surface area contributed by atoms with Crippen molar-refractivity contribution in [1.82, 2.24) is 28.6 Å². The maximum absolute atomic E-state index is 14.3. The van der Waals surface area contributed by atoms with E-state index in [4.69, 9.17) is 22.1 Å². The van der Waals surface area contributed by atoms with E-state index in [2.05, 4.69) is 10.1 Å². The number of halogens is 4. The van der Waals surface area contributed by atoms with Gasteiger partial charge in [-0.25, -0.2) is 0 Å². The van der Waals surface area contributed by atoms with Gasteiger partial charge in [0.05, 0.1) is 24.5 Å². The molecule has 0 aliphatic carbocycles. The van der Waals surface area contributed by atoms with Gasteiger partial charge >= 0.3 is 6.18 Å². The van der Waals surface area contributed by atoms with Gasteiger partial charge in [-0.3, -0.25) is 23.7 Å². The molecular weight excluding hydrogens is 697 g/mol. The molecule has 3 aromatic heterocycles. The number of pyridine rings is 1. The molecule has 0 saturated carbocycles. The third-order valence-electron chi connectivity index (χ3n) is 9.13. The van der Waals surface area contributed by atoms with Gasteiger partial charge in [0.15, 0.2) is 5.82 Å². The summed E-state index contributed by atoms with van der Waals surface area (Å²) in [6, 6.07) is 1.06. The number of aromatic nitrogens is 5. The highest BCUT2D eigenvalue weighted by atomic mass is 35.5. The zero-order chi connectivity index (χ0) is 36.9. The summed E-state index contributed by atoms with van der Waals surface area (Å²) < 4.78 is 49.7. The monoisotopic (exact) mass is 730 g/mol. The zero-order valence-corrected chi connectivity index (χ0v) is 28.6. The van der Waals surface area contributed by atoms with Crippen LogP contribution < -0.4 is 21.8 Å². The van der Waals surface area contributed by atoms with Crippen LogP contribution in [-0.2, 0) is 29.2 Å². The number of aromatic hydroxyl groups is 1. The molecule has 1 fully saturated rings. The molecule has 1 atom stereocenters. The molecule has 0 spiro atoms. The van der Waals surface area contributed by atoms with Gasteiger partial charge in [0, 0.05) is 55.6 Å². The Morgan fingerprint density at radius 3 is 2.43 bits per heavy atom. The minimum absolute atomic E-state index is 0.0480. The standard InChI is InChI=1S/C33H34ClF3N8O6/c1-4-22-25(42-9-11-43(12-10-42)30(49)23-26(46)17(2)16-41(3)29(23)48)31(50)45-32(39-28(40-45)18-7-13-51-14-8-18)44(22)24(27(38)47)20-6-5-19(15-21(20)34)33(35,36)37/h5-7,15-16,24,46H,4,8-14H2,1-3H3,(H2,38,47). The number of primary amides is 1. The average Bonchev–Trinajstić information content (AvgIpc) is 3.55. The lowest BCUT2D eigenvalue weighted by atomic mass is 10.0. The number of amides is 2. The number of nitrogens with zero attached hydrogens (tertiary/aromatic N) is 7. The Kier molecular flexibility index (Phi) is 9.45. The number of nitrogens with two attached hydrogens (primary N) is 1. The van der Waals surface area contributed by atoms with Gasteiger partial charge in [-0.05, 0) is 37.5 Å². The second kappa shape index (κ2) is 13.5. The average molecular weight is 731 g/mol. The fourth-order valence-corrected chi connectivity index (χ4v) is 6.85. The third-order valence-corrected chi connectivity index (χ3v) is 9.46. The largest absolute Gasteiger partial charge is 0.507 e. The van der Waals surface area contributed by atoms with Crippen LogP contribution in [0.4, 0.5) is 18.9 Å². The summed E-state index contributed by atoms with van der Waals surface area (Å²) >= 11 is 6.42. The fraction of sp³-hybridized carbons (Fsp3) is 0.394. The summed E-state index contributed by atoms with van der Waals surface area (Å²) in [5.41, 5.74) is 4.71. The van der Waals surface area contributed by atoms with E-state index in [1.54, 1.807) is 24.8 Å². The Morgan fingerprint density at radius 2 is 1.84 bits per heavy atom. The van der Waals surface area contributed by atoms with E-state index in [0.717, 1.165) is 16.6 Å². The second-order valence-electron chi connectivity index (χ2n) is 12.3. The first kappa shape index (κ1) is 35.7. The molecule has 2 amide bonds. The second-order valence-corrected chi connectivity index (χ2v) is 12.7. The van der Waals surface area contributed by atoms with Gasteiger partial charge in [0.25, 0.3) is 17.0 Å². The SMILES string of the molecule is CCc1c(N2CCN(C(=O)c3c(O)c(C)cn(C)c3=O)CC2)c(=O)n2nc(C3=CCOCC3)nc2n1C(C(N)=O)c1ccc(C(F)(F)F)cc1Cl. The Labute approximate surface area is 293 Å². The molecule has 270 valence electrons. The minimum atomic E-state index is -4.70. The first-order chi connectivity index (χ1) is 24.1. The lowest BCUT2D eigenvalue weighted by Gasteiger charge is -2.37. The Morgan fingerprint density at radius 1 is 1.14 bits per heavy atom. The number of fused-ring (bicyclic) bond motifs is 1. The maximum atomic E-state index is 14.3. The minimum Gasteiger partial charge on any atom is -0.507 e. The Hall–Kier alpha value is -5.16.